The lowest BCUT2D eigenvalue weighted by molar-refractivity contribution is -0.931. The molecule has 0 aromatic rings. The van der Waals surface area contributed by atoms with Gasteiger partial charge >= 0.3 is 5.97 Å². The van der Waals surface area contributed by atoms with Gasteiger partial charge in [-0.2, -0.15) is 0 Å². The van der Waals surface area contributed by atoms with Crippen molar-refractivity contribution in [2.75, 3.05) is 14.1 Å². The van der Waals surface area contributed by atoms with Crippen LogP contribution in [-0.4, -0.2) is 42.7 Å². The Hall–Kier alpha value is -0.570. The molecule has 2 rings (SSSR count). The fourth-order valence-electron chi connectivity index (χ4n) is 4.26. The van der Waals surface area contributed by atoms with Crippen molar-refractivity contribution >= 4 is 5.97 Å². The van der Waals surface area contributed by atoms with Crippen LogP contribution in [0.2, 0.25) is 0 Å². The highest BCUT2D eigenvalue weighted by atomic mass is 16.5. The Balaban J connectivity index is 1.89. The number of piperidine rings is 1. The van der Waals surface area contributed by atoms with Gasteiger partial charge in [0.15, 0.2) is 0 Å². The molecule has 20 heavy (non-hydrogen) atoms. The number of carbonyl (C=O) groups excluding carboxylic acids is 1. The molecule has 0 radical (unpaired) electrons. The van der Waals surface area contributed by atoms with Gasteiger partial charge in [-0.1, -0.05) is 26.7 Å². The lowest BCUT2D eigenvalue weighted by Crippen LogP contribution is -2.56. The van der Waals surface area contributed by atoms with E-state index in [1.54, 1.807) is 0 Å². The number of hydrogen-bond acceptors (Lipinski definition) is 2. The summed E-state index contributed by atoms with van der Waals surface area (Å²) >= 11 is 0. The smallest absolute Gasteiger partial charge is 0.309 e. The number of fused-ring (bicyclic) bond motifs is 2. The van der Waals surface area contributed by atoms with Gasteiger partial charge in [0.2, 0.25) is 0 Å². The van der Waals surface area contributed by atoms with Crippen molar-refractivity contribution in [2.24, 2.45) is 5.92 Å². The molecule has 0 aliphatic carbocycles. The molecule has 116 valence electrons. The summed E-state index contributed by atoms with van der Waals surface area (Å²) in [5.74, 6) is 0.206. The average Bonchev–Trinajstić information content (AvgIpc) is 2.57. The van der Waals surface area contributed by atoms with E-state index >= 15 is 0 Å². The predicted octanol–water partition coefficient (Wildman–Crippen LogP) is 3.52. The van der Waals surface area contributed by atoms with Gasteiger partial charge in [-0.25, -0.2) is 0 Å². The molecule has 0 spiro atoms. The first kappa shape index (κ1) is 15.8. The molecule has 2 saturated heterocycles. The third-order valence-corrected chi connectivity index (χ3v) is 5.68. The maximum atomic E-state index is 12.4. The Morgan fingerprint density at radius 3 is 2.05 bits per heavy atom. The van der Waals surface area contributed by atoms with Gasteiger partial charge in [-0.15, -0.1) is 0 Å². The summed E-state index contributed by atoms with van der Waals surface area (Å²) < 4.78 is 7.02. The average molecular weight is 282 g/mol. The molecule has 2 fully saturated rings. The molecule has 0 saturated carbocycles. The van der Waals surface area contributed by atoms with Gasteiger partial charge < -0.3 is 9.22 Å². The Kier molecular flexibility index (Phi) is 5.11. The van der Waals surface area contributed by atoms with E-state index in [9.17, 15) is 4.79 Å². The van der Waals surface area contributed by atoms with Gasteiger partial charge in [0.1, 0.15) is 6.10 Å². The number of hydrogen-bond donors (Lipinski definition) is 0. The molecule has 2 aliphatic heterocycles. The van der Waals surface area contributed by atoms with Gasteiger partial charge in [-0.3, -0.25) is 4.79 Å². The third-order valence-electron chi connectivity index (χ3n) is 5.68. The van der Waals surface area contributed by atoms with E-state index < -0.39 is 0 Å². The third kappa shape index (κ3) is 3.19. The molecular formula is C17H32NO2+. The molecular weight excluding hydrogens is 250 g/mol. The van der Waals surface area contributed by atoms with Gasteiger partial charge in [-0.05, 0) is 12.8 Å². The second-order valence-electron chi connectivity index (χ2n) is 7.32. The topological polar surface area (TPSA) is 26.3 Å². The van der Waals surface area contributed by atoms with Crippen LogP contribution in [0.1, 0.15) is 65.2 Å². The highest BCUT2D eigenvalue weighted by Gasteiger charge is 2.50. The lowest BCUT2D eigenvalue weighted by Gasteiger charge is -2.44. The van der Waals surface area contributed by atoms with E-state index in [0.29, 0.717) is 12.1 Å². The number of esters is 1. The summed E-state index contributed by atoms with van der Waals surface area (Å²) in [4.78, 5) is 12.4. The second-order valence-corrected chi connectivity index (χ2v) is 7.32. The standard InChI is InChI=1S/C17H32NO2/c1-5-7-13(8-6-2)17(19)20-16-11-14-9-10-15(12-16)18(14,3)4/h13-16H,5-12H2,1-4H3/q+1/t14-,15+,16+. The second kappa shape index (κ2) is 6.46. The summed E-state index contributed by atoms with van der Waals surface area (Å²) in [7, 11) is 4.69. The maximum Gasteiger partial charge on any atom is 0.309 e. The Bertz CT molecular complexity index is 318. The molecule has 0 amide bonds. The van der Waals surface area contributed by atoms with Crippen molar-refractivity contribution in [3.8, 4) is 0 Å². The summed E-state index contributed by atoms with van der Waals surface area (Å²) in [6.45, 7) is 4.30. The van der Waals surface area contributed by atoms with Crippen molar-refractivity contribution in [1.29, 1.82) is 0 Å². The summed E-state index contributed by atoms with van der Waals surface area (Å²) in [5.41, 5.74) is 0. The molecule has 0 aromatic carbocycles. The highest BCUT2D eigenvalue weighted by molar-refractivity contribution is 5.72. The molecule has 2 heterocycles. The van der Waals surface area contributed by atoms with E-state index in [2.05, 4.69) is 27.9 Å². The van der Waals surface area contributed by atoms with Crippen LogP contribution >= 0.6 is 0 Å². The van der Waals surface area contributed by atoms with Gasteiger partial charge in [0.05, 0.1) is 32.1 Å². The van der Waals surface area contributed by atoms with Crippen LogP contribution in [0.4, 0.5) is 0 Å². The number of ether oxygens (including phenoxy) is 1. The summed E-state index contributed by atoms with van der Waals surface area (Å²) in [6, 6.07) is 1.39. The monoisotopic (exact) mass is 282 g/mol. The molecule has 0 N–H and O–H groups in total. The van der Waals surface area contributed by atoms with E-state index in [1.807, 2.05) is 0 Å². The lowest BCUT2D eigenvalue weighted by atomic mass is 9.96. The van der Waals surface area contributed by atoms with Crippen LogP contribution in [0.15, 0.2) is 0 Å². The van der Waals surface area contributed by atoms with Crippen LogP contribution in [0.3, 0.4) is 0 Å². The minimum Gasteiger partial charge on any atom is -0.462 e. The van der Waals surface area contributed by atoms with Crippen molar-refractivity contribution in [1.82, 2.24) is 0 Å². The van der Waals surface area contributed by atoms with Gasteiger partial charge in [0.25, 0.3) is 0 Å². The molecule has 0 aromatic heterocycles. The van der Waals surface area contributed by atoms with Crippen molar-refractivity contribution < 1.29 is 14.0 Å². The Morgan fingerprint density at radius 1 is 1.10 bits per heavy atom. The predicted molar refractivity (Wildman–Crippen MR) is 81.3 cm³/mol. The number of quaternary nitrogens is 1. The highest BCUT2D eigenvalue weighted by Crippen LogP contribution is 2.40. The zero-order valence-electron chi connectivity index (χ0n) is 13.7. The molecule has 3 atom stereocenters. The SMILES string of the molecule is CCCC(CCC)C(=O)O[C@H]1C[C@H]2CC[C@@H](C1)[N+]2(C)C. The van der Waals surface area contributed by atoms with E-state index in [0.717, 1.165) is 43.0 Å². The Labute approximate surface area is 124 Å². The Morgan fingerprint density at radius 2 is 1.60 bits per heavy atom. The van der Waals surface area contributed by atoms with Crippen molar-refractivity contribution in [3.63, 3.8) is 0 Å². The van der Waals surface area contributed by atoms with E-state index in [1.165, 1.54) is 12.8 Å². The zero-order chi connectivity index (χ0) is 14.8. The minimum absolute atomic E-state index is 0.0744. The van der Waals surface area contributed by atoms with Crippen LogP contribution in [0, 0.1) is 5.92 Å². The first-order chi connectivity index (χ1) is 9.48. The van der Waals surface area contributed by atoms with Crippen LogP contribution in [0.5, 0.6) is 0 Å². The fraction of sp³-hybridized carbons (Fsp3) is 0.941. The molecule has 2 aliphatic rings. The first-order valence-electron chi connectivity index (χ1n) is 8.52. The normalized spacial score (nSPS) is 31.6. The van der Waals surface area contributed by atoms with E-state index in [-0.39, 0.29) is 18.0 Å². The molecule has 3 heteroatoms. The number of carbonyl (C=O) groups is 1. The van der Waals surface area contributed by atoms with Crippen LogP contribution in [-0.2, 0) is 9.53 Å². The van der Waals surface area contributed by atoms with Crippen molar-refractivity contribution in [3.05, 3.63) is 0 Å². The van der Waals surface area contributed by atoms with Crippen LogP contribution < -0.4 is 0 Å². The number of rotatable bonds is 6. The van der Waals surface area contributed by atoms with Crippen molar-refractivity contribution in [2.45, 2.75) is 83.4 Å². The largest absolute Gasteiger partial charge is 0.462 e. The van der Waals surface area contributed by atoms with Crippen LogP contribution in [0.25, 0.3) is 0 Å². The van der Waals surface area contributed by atoms with E-state index in [4.69, 9.17) is 4.74 Å². The molecule has 3 nitrogen and oxygen atoms in total. The molecule has 0 unspecified atom stereocenters. The summed E-state index contributed by atoms with van der Waals surface area (Å²) in [5, 5.41) is 0. The molecule has 2 bridgehead atoms. The van der Waals surface area contributed by atoms with Gasteiger partial charge in [0, 0.05) is 25.7 Å². The first-order valence-corrected chi connectivity index (χ1v) is 8.52. The minimum atomic E-state index is 0.0744. The fourth-order valence-corrected chi connectivity index (χ4v) is 4.26. The maximum absolute atomic E-state index is 12.4. The summed E-state index contributed by atoms with van der Waals surface area (Å²) in [6.07, 6.45) is 9.03. The quantitative estimate of drug-likeness (QED) is 0.550. The zero-order valence-corrected chi connectivity index (χ0v) is 13.7. The number of nitrogens with zero attached hydrogens (tertiary/aromatic N) is 1.